The lowest BCUT2D eigenvalue weighted by atomic mass is 9.83. The third-order valence-corrected chi connectivity index (χ3v) is 3.54. The SMILES string of the molecule is CCC(C)CC(Cc1ccccn1)C(C)C. The third-order valence-electron chi connectivity index (χ3n) is 3.54. The summed E-state index contributed by atoms with van der Waals surface area (Å²) < 4.78 is 0. The van der Waals surface area contributed by atoms with Crippen LogP contribution in [0.15, 0.2) is 24.4 Å². The molecule has 0 fully saturated rings. The molecule has 1 heterocycles. The molecule has 0 aliphatic heterocycles. The van der Waals surface area contributed by atoms with Gasteiger partial charge in [-0.15, -0.1) is 0 Å². The highest BCUT2D eigenvalue weighted by atomic mass is 14.7. The van der Waals surface area contributed by atoms with Crippen LogP contribution >= 0.6 is 0 Å². The summed E-state index contributed by atoms with van der Waals surface area (Å²) in [6.07, 6.45) is 5.63. The van der Waals surface area contributed by atoms with Crippen molar-refractivity contribution in [3.63, 3.8) is 0 Å². The van der Waals surface area contributed by atoms with E-state index in [0.717, 1.165) is 24.2 Å². The molecule has 1 aromatic rings. The van der Waals surface area contributed by atoms with Gasteiger partial charge in [-0.3, -0.25) is 4.98 Å². The molecule has 2 unspecified atom stereocenters. The van der Waals surface area contributed by atoms with E-state index in [9.17, 15) is 0 Å². The van der Waals surface area contributed by atoms with Crippen molar-refractivity contribution in [3.8, 4) is 0 Å². The maximum absolute atomic E-state index is 4.43. The topological polar surface area (TPSA) is 12.9 Å². The molecule has 0 radical (unpaired) electrons. The average molecular weight is 219 g/mol. The summed E-state index contributed by atoms with van der Waals surface area (Å²) in [6, 6.07) is 6.22. The van der Waals surface area contributed by atoms with Gasteiger partial charge in [0, 0.05) is 11.9 Å². The monoisotopic (exact) mass is 219 g/mol. The Kier molecular flexibility index (Phi) is 5.51. The van der Waals surface area contributed by atoms with Gasteiger partial charge in [0.2, 0.25) is 0 Å². The van der Waals surface area contributed by atoms with Crippen LogP contribution in [0.2, 0.25) is 0 Å². The summed E-state index contributed by atoms with van der Waals surface area (Å²) >= 11 is 0. The van der Waals surface area contributed by atoms with Gasteiger partial charge in [0.05, 0.1) is 0 Å². The van der Waals surface area contributed by atoms with E-state index in [4.69, 9.17) is 0 Å². The van der Waals surface area contributed by atoms with Gasteiger partial charge in [0.1, 0.15) is 0 Å². The first-order valence-electron chi connectivity index (χ1n) is 6.53. The highest BCUT2D eigenvalue weighted by molar-refractivity contribution is 5.04. The Bertz CT molecular complexity index is 279. The molecule has 1 heteroatoms. The predicted molar refractivity (Wildman–Crippen MR) is 70.3 cm³/mol. The zero-order valence-corrected chi connectivity index (χ0v) is 11.1. The molecule has 0 N–H and O–H groups in total. The van der Waals surface area contributed by atoms with E-state index in [1.807, 2.05) is 12.3 Å². The molecular weight excluding hydrogens is 194 g/mol. The Morgan fingerprint density at radius 1 is 1.19 bits per heavy atom. The first-order chi connectivity index (χ1) is 7.63. The summed E-state index contributed by atoms with van der Waals surface area (Å²) in [5.74, 6) is 2.34. The van der Waals surface area contributed by atoms with Gasteiger partial charge in [-0.25, -0.2) is 0 Å². The minimum Gasteiger partial charge on any atom is -0.261 e. The Balaban J connectivity index is 2.58. The molecule has 1 rings (SSSR count). The smallest absolute Gasteiger partial charge is 0.0406 e. The molecule has 2 atom stereocenters. The number of hydrogen-bond acceptors (Lipinski definition) is 1. The Labute approximate surface area is 100 Å². The van der Waals surface area contributed by atoms with Crippen molar-refractivity contribution < 1.29 is 0 Å². The number of hydrogen-bond donors (Lipinski definition) is 0. The molecule has 0 amide bonds. The van der Waals surface area contributed by atoms with Crippen molar-refractivity contribution in [2.24, 2.45) is 17.8 Å². The third kappa shape index (κ3) is 4.34. The fraction of sp³-hybridized carbons (Fsp3) is 0.667. The molecule has 90 valence electrons. The number of nitrogens with zero attached hydrogens (tertiary/aromatic N) is 1. The maximum atomic E-state index is 4.43. The second-order valence-electron chi connectivity index (χ2n) is 5.28. The van der Waals surface area contributed by atoms with Crippen molar-refractivity contribution >= 4 is 0 Å². The molecule has 0 bridgehead atoms. The van der Waals surface area contributed by atoms with Crippen molar-refractivity contribution in [3.05, 3.63) is 30.1 Å². The van der Waals surface area contributed by atoms with Crippen LogP contribution in [-0.4, -0.2) is 4.98 Å². The van der Waals surface area contributed by atoms with Crippen LogP contribution in [0.25, 0.3) is 0 Å². The Hall–Kier alpha value is -0.850. The molecule has 0 spiro atoms. The first-order valence-corrected chi connectivity index (χ1v) is 6.53. The zero-order valence-electron chi connectivity index (χ0n) is 11.1. The van der Waals surface area contributed by atoms with Crippen molar-refractivity contribution in [1.29, 1.82) is 0 Å². The van der Waals surface area contributed by atoms with E-state index in [1.54, 1.807) is 0 Å². The normalized spacial score (nSPS) is 15.1. The average Bonchev–Trinajstić information content (AvgIpc) is 2.29. The largest absolute Gasteiger partial charge is 0.261 e. The fourth-order valence-electron chi connectivity index (χ4n) is 2.06. The summed E-state index contributed by atoms with van der Waals surface area (Å²) in [5.41, 5.74) is 1.24. The van der Waals surface area contributed by atoms with Gasteiger partial charge in [-0.1, -0.05) is 40.2 Å². The van der Waals surface area contributed by atoms with Gasteiger partial charge in [0.15, 0.2) is 0 Å². The first kappa shape index (κ1) is 13.2. The molecule has 0 aromatic carbocycles. The zero-order chi connectivity index (χ0) is 12.0. The standard InChI is InChI=1S/C15H25N/c1-5-13(4)10-14(12(2)3)11-15-8-6-7-9-16-15/h6-9,12-14H,5,10-11H2,1-4H3. The van der Waals surface area contributed by atoms with Gasteiger partial charge < -0.3 is 0 Å². The second kappa shape index (κ2) is 6.67. The lowest BCUT2D eigenvalue weighted by molar-refractivity contribution is 0.299. The van der Waals surface area contributed by atoms with Gasteiger partial charge in [-0.05, 0) is 42.7 Å². The highest BCUT2D eigenvalue weighted by Crippen LogP contribution is 2.25. The second-order valence-corrected chi connectivity index (χ2v) is 5.28. The van der Waals surface area contributed by atoms with Crippen LogP contribution in [0.3, 0.4) is 0 Å². The van der Waals surface area contributed by atoms with Crippen LogP contribution in [0, 0.1) is 17.8 Å². The van der Waals surface area contributed by atoms with Crippen LogP contribution < -0.4 is 0 Å². The van der Waals surface area contributed by atoms with Crippen LogP contribution in [-0.2, 0) is 6.42 Å². The molecular formula is C15H25N. The minimum atomic E-state index is 0.746. The van der Waals surface area contributed by atoms with Gasteiger partial charge in [-0.2, -0.15) is 0 Å². The van der Waals surface area contributed by atoms with E-state index in [-0.39, 0.29) is 0 Å². The summed E-state index contributed by atoms with van der Waals surface area (Å²) in [4.78, 5) is 4.43. The van der Waals surface area contributed by atoms with Gasteiger partial charge >= 0.3 is 0 Å². The highest BCUT2D eigenvalue weighted by Gasteiger charge is 2.17. The summed E-state index contributed by atoms with van der Waals surface area (Å²) in [6.45, 7) is 9.29. The quantitative estimate of drug-likeness (QED) is 0.694. The van der Waals surface area contributed by atoms with Gasteiger partial charge in [0.25, 0.3) is 0 Å². The molecule has 0 aliphatic rings. The Morgan fingerprint density at radius 2 is 1.94 bits per heavy atom. The molecule has 1 aromatic heterocycles. The van der Waals surface area contributed by atoms with E-state index >= 15 is 0 Å². The van der Waals surface area contributed by atoms with E-state index in [2.05, 4.69) is 44.8 Å². The van der Waals surface area contributed by atoms with Crippen molar-refractivity contribution in [1.82, 2.24) is 4.98 Å². The van der Waals surface area contributed by atoms with E-state index in [1.165, 1.54) is 18.5 Å². The Morgan fingerprint density at radius 3 is 2.44 bits per heavy atom. The summed E-state index contributed by atoms with van der Waals surface area (Å²) in [5, 5.41) is 0. The number of aromatic nitrogens is 1. The van der Waals surface area contributed by atoms with Crippen molar-refractivity contribution in [2.45, 2.75) is 47.0 Å². The molecule has 0 aliphatic carbocycles. The molecule has 0 saturated carbocycles. The maximum Gasteiger partial charge on any atom is 0.0406 e. The lowest BCUT2D eigenvalue weighted by Crippen LogP contribution is -2.16. The lowest BCUT2D eigenvalue weighted by Gasteiger charge is -2.23. The fourth-order valence-corrected chi connectivity index (χ4v) is 2.06. The van der Waals surface area contributed by atoms with E-state index < -0.39 is 0 Å². The molecule has 16 heavy (non-hydrogen) atoms. The van der Waals surface area contributed by atoms with Crippen molar-refractivity contribution in [2.75, 3.05) is 0 Å². The van der Waals surface area contributed by atoms with Crippen LogP contribution in [0.1, 0.15) is 46.2 Å². The number of rotatable bonds is 6. The summed E-state index contributed by atoms with van der Waals surface area (Å²) in [7, 11) is 0. The van der Waals surface area contributed by atoms with Crippen LogP contribution in [0.5, 0.6) is 0 Å². The van der Waals surface area contributed by atoms with E-state index in [0.29, 0.717) is 0 Å². The molecule has 0 saturated heterocycles. The number of pyridine rings is 1. The molecule has 1 nitrogen and oxygen atoms in total. The van der Waals surface area contributed by atoms with Crippen LogP contribution in [0.4, 0.5) is 0 Å². The minimum absolute atomic E-state index is 0.746. The predicted octanol–water partition coefficient (Wildman–Crippen LogP) is 4.33.